The fourth-order valence-corrected chi connectivity index (χ4v) is 4.72. The molecule has 1 aliphatic carbocycles. The van der Waals surface area contributed by atoms with Crippen molar-refractivity contribution >= 4 is 17.8 Å². The summed E-state index contributed by atoms with van der Waals surface area (Å²) in [6.45, 7) is 1.14. The molecule has 2 amide bonds. The first-order valence-corrected chi connectivity index (χ1v) is 9.03. The van der Waals surface area contributed by atoms with Crippen molar-refractivity contribution in [2.24, 2.45) is 17.6 Å². The Hall–Kier alpha value is -1.63. The number of carbonyl (C=O) groups excluding carboxylic acids is 2. The van der Waals surface area contributed by atoms with E-state index in [1.165, 1.54) is 0 Å². The molecule has 2 aliphatic heterocycles. The number of nitrogens with zero attached hydrogens (tertiary/aromatic N) is 2. The number of rotatable bonds is 4. The van der Waals surface area contributed by atoms with Gasteiger partial charge in [0.1, 0.15) is 6.04 Å². The second-order valence-corrected chi connectivity index (χ2v) is 7.46. The van der Waals surface area contributed by atoms with Gasteiger partial charge in [-0.2, -0.15) is 0 Å². The molecule has 3 N–H and O–H groups in total. The van der Waals surface area contributed by atoms with Crippen LogP contribution in [0, 0.1) is 11.8 Å². The molecule has 0 unspecified atom stereocenters. The van der Waals surface area contributed by atoms with Gasteiger partial charge in [-0.25, -0.2) is 0 Å². The number of carboxylic acids is 1. The average Bonchev–Trinajstić information content (AvgIpc) is 2.94. The van der Waals surface area contributed by atoms with Crippen molar-refractivity contribution in [2.75, 3.05) is 19.6 Å². The van der Waals surface area contributed by atoms with Gasteiger partial charge in [0.15, 0.2) is 0 Å². The van der Waals surface area contributed by atoms with Crippen LogP contribution in [0.1, 0.15) is 44.9 Å². The Kier molecular flexibility index (Phi) is 5.08. The lowest BCUT2D eigenvalue weighted by Crippen LogP contribution is -2.51. The Morgan fingerprint density at radius 2 is 1.83 bits per heavy atom. The molecular weight excluding hydrogens is 310 g/mol. The molecule has 3 aliphatic rings. The maximum atomic E-state index is 12.7. The second-order valence-electron chi connectivity index (χ2n) is 7.46. The molecule has 0 spiro atoms. The molecule has 24 heavy (non-hydrogen) atoms. The van der Waals surface area contributed by atoms with Gasteiger partial charge < -0.3 is 15.7 Å². The summed E-state index contributed by atoms with van der Waals surface area (Å²) in [4.78, 5) is 39.3. The van der Waals surface area contributed by atoms with Crippen molar-refractivity contribution in [3.05, 3.63) is 0 Å². The highest BCUT2D eigenvalue weighted by atomic mass is 16.4. The number of fused-ring (bicyclic) bond motifs is 1. The Bertz CT molecular complexity index is 524. The molecule has 7 nitrogen and oxygen atoms in total. The van der Waals surface area contributed by atoms with E-state index in [-0.39, 0.29) is 30.3 Å². The van der Waals surface area contributed by atoms with Gasteiger partial charge in [-0.05, 0) is 38.0 Å². The number of amides is 2. The summed E-state index contributed by atoms with van der Waals surface area (Å²) >= 11 is 0. The summed E-state index contributed by atoms with van der Waals surface area (Å²) in [7, 11) is 0. The number of nitrogens with two attached hydrogens (primary N) is 1. The number of hydrogen-bond acceptors (Lipinski definition) is 4. The molecule has 134 valence electrons. The van der Waals surface area contributed by atoms with Crippen LogP contribution in [0.2, 0.25) is 0 Å². The third-order valence-electron chi connectivity index (χ3n) is 6.00. The first-order valence-electron chi connectivity index (χ1n) is 9.03. The van der Waals surface area contributed by atoms with Crippen molar-refractivity contribution in [3.63, 3.8) is 0 Å². The van der Waals surface area contributed by atoms with Gasteiger partial charge in [0.25, 0.3) is 0 Å². The van der Waals surface area contributed by atoms with Crippen LogP contribution in [0.15, 0.2) is 0 Å². The van der Waals surface area contributed by atoms with Gasteiger partial charge in [-0.3, -0.25) is 19.3 Å². The number of carboxylic acid groups (broad SMARTS) is 1. The minimum atomic E-state index is -0.828. The third-order valence-corrected chi connectivity index (χ3v) is 6.00. The fraction of sp³-hybridized carbons (Fsp3) is 0.824. The second kappa shape index (κ2) is 7.09. The van der Waals surface area contributed by atoms with Crippen LogP contribution in [0.25, 0.3) is 0 Å². The maximum absolute atomic E-state index is 12.7. The van der Waals surface area contributed by atoms with Crippen LogP contribution in [0.4, 0.5) is 0 Å². The number of carbonyl (C=O) groups is 3. The molecule has 1 saturated carbocycles. The van der Waals surface area contributed by atoms with Crippen molar-refractivity contribution in [2.45, 2.75) is 57.0 Å². The molecule has 0 aromatic carbocycles. The molecule has 2 heterocycles. The van der Waals surface area contributed by atoms with Crippen LogP contribution in [0.5, 0.6) is 0 Å². The largest absolute Gasteiger partial charge is 0.480 e. The minimum absolute atomic E-state index is 0.0709. The number of piperidine rings is 1. The molecule has 3 rings (SSSR count). The Labute approximate surface area is 142 Å². The molecule has 7 heteroatoms. The summed E-state index contributed by atoms with van der Waals surface area (Å²) in [5.74, 6) is -1.14. The van der Waals surface area contributed by atoms with E-state index in [2.05, 4.69) is 0 Å². The van der Waals surface area contributed by atoms with Gasteiger partial charge >= 0.3 is 5.97 Å². The maximum Gasteiger partial charge on any atom is 0.320 e. The molecule has 2 saturated heterocycles. The Morgan fingerprint density at radius 3 is 2.54 bits per heavy atom. The minimum Gasteiger partial charge on any atom is -0.480 e. The fourth-order valence-electron chi connectivity index (χ4n) is 4.72. The van der Waals surface area contributed by atoms with Crippen molar-refractivity contribution < 1.29 is 19.5 Å². The first-order chi connectivity index (χ1) is 11.5. The highest BCUT2D eigenvalue weighted by molar-refractivity contribution is 5.82. The predicted molar refractivity (Wildman–Crippen MR) is 87.0 cm³/mol. The smallest absolute Gasteiger partial charge is 0.320 e. The number of primary amides is 1. The number of hydrogen-bond donors (Lipinski definition) is 2. The zero-order valence-electron chi connectivity index (χ0n) is 14.0. The molecule has 4 atom stereocenters. The Morgan fingerprint density at radius 1 is 1.08 bits per heavy atom. The van der Waals surface area contributed by atoms with E-state index in [1.807, 2.05) is 4.90 Å². The first kappa shape index (κ1) is 17.2. The summed E-state index contributed by atoms with van der Waals surface area (Å²) in [6.07, 6.45) is 6.45. The lowest BCUT2D eigenvalue weighted by atomic mass is 9.85. The van der Waals surface area contributed by atoms with E-state index in [0.29, 0.717) is 25.4 Å². The predicted octanol–water partition coefficient (Wildman–Crippen LogP) is 0.428. The molecular formula is C17H27N3O4. The quantitative estimate of drug-likeness (QED) is 0.774. The van der Waals surface area contributed by atoms with E-state index in [0.717, 1.165) is 38.5 Å². The number of aliphatic carboxylic acids is 1. The van der Waals surface area contributed by atoms with Crippen molar-refractivity contribution in [3.8, 4) is 0 Å². The number of likely N-dealkylation sites (tertiary alicyclic amines) is 2. The lowest BCUT2D eigenvalue weighted by molar-refractivity contribution is -0.144. The van der Waals surface area contributed by atoms with E-state index in [4.69, 9.17) is 5.73 Å². The summed E-state index contributed by atoms with van der Waals surface area (Å²) < 4.78 is 0. The van der Waals surface area contributed by atoms with Crippen LogP contribution in [0.3, 0.4) is 0 Å². The van der Waals surface area contributed by atoms with E-state index in [9.17, 15) is 19.5 Å². The zero-order chi connectivity index (χ0) is 17.3. The lowest BCUT2D eigenvalue weighted by Gasteiger charge is -2.36. The van der Waals surface area contributed by atoms with Gasteiger partial charge in [-0.1, -0.05) is 12.8 Å². The summed E-state index contributed by atoms with van der Waals surface area (Å²) in [5.41, 5.74) is 5.38. The van der Waals surface area contributed by atoms with Gasteiger partial charge in [0, 0.05) is 19.1 Å². The summed E-state index contributed by atoms with van der Waals surface area (Å²) in [5, 5.41) is 9.54. The molecule has 0 bridgehead atoms. The van der Waals surface area contributed by atoms with Gasteiger partial charge in [0.2, 0.25) is 11.8 Å². The van der Waals surface area contributed by atoms with Crippen molar-refractivity contribution in [1.82, 2.24) is 9.80 Å². The van der Waals surface area contributed by atoms with Gasteiger partial charge in [0.05, 0.1) is 12.5 Å². The van der Waals surface area contributed by atoms with Crippen LogP contribution in [-0.4, -0.2) is 64.4 Å². The Balaban J connectivity index is 1.67. The molecule has 0 radical (unpaired) electrons. The zero-order valence-corrected chi connectivity index (χ0v) is 14.0. The SMILES string of the molecule is NC(=O)[C@@H]1CCCN(C(=O)CN2[C@H](C(=O)O)C[C@H]3CCCC[C@@H]32)C1. The normalized spacial score (nSPS) is 33.9. The molecule has 3 fully saturated rings. The van der Waals surface area contributed by atoms with Crippen LogP contribution >= 0.6 is 0 Å². The molecule has 0 aromatic heterocycles. The average molecular weight is 337 g/mol. The topological polar surface area (TPSA) is 104 Å². The van der Waals surface area contributed by atoms with E-state index >= 15 is 0 Å². The van der Waals surface area contributed by atoms with Gasteiger partial charge in [-0.15, -0.1) is 0 Å². The van der Waals surface area contributed by atoms with E-state index in [1.54, 1.807) is 4.90 Å². The highest BCUT2D eigenvalue weighted by Crippen LogP contribution is 2.39. The monoisotopic (exact) mass is 337 g/mol. The summed E-state index contributed by atoms with van der Waals surface area (Å²) in [6, 6.07) is -0.348. The van der Waals surface area contributed by atoms with Crippen molar-refractivity contribution in [1.29, 1.82) is 0 Å². The third kappa shape index (κ3) is 3.41. The van der Waals surface area contributed by atoms with E-state index < -0.39 is 12.0 Å². The van der Waals surface area contributed by atoms with Crippen LogP contribution < -0.4 is 5.73 Å². The standard InChI is InChI=1S/C17H27N3O4/c18-16(22)12-5-3-7-19(9-12)15(21)10-20-13-6-2-1-4-11(13)8-14(20)17(23)24/h11-14H,1-10H2,(H2,18,22)(H,23,24)/t11-,12-,13+,14+/m1/s1. The highest BCUT2D eigenvalue weighted by Gasteiger charge is 2.46. The van der Waals surface area contributed by atoms with Crippen LogP contribution in [-0.2, 0) is 14.4 Å². The molecule has 0 aromatic rings.